The molecule has 7 heteroatoms. The maximum absolute atomic E-state index is 6.34. The minimum absolute atomic E-state index is 0.142. The number of methoxy groups -OCH3 is 1. The van der Waals surface area contributed by atoms with Crippen LogP contribution in [0.5, 0.6) is 0 Å². The molecule has 1 aliphatic heterocycles. The van der Waals surface area contributed by atoms with Crippen LogP contribution in [0.2, 0.25) is 5.02 Å². The van der Waals surface area contributed by atoms with Crippen molar-refractivity contribution >= 4 is 23.4 Å². The third kappa shape index (κ3) is 5.70. The monoisotopic (exact) mass is 423 g/mol. The highest BCUT2D eigenvalue weighted by molar-refractivity contribution is 7.99. The summed E-state index contributed by atoms with van der Waals surface area (Å²) in [4.78, 5) is 0.987. The van der Waals surface area contributed by atoms with E-state index >= 15 is 0 Å². The summed E-state index contributed by atoms with van der Waals surface area (Å²) >= 11 is 7.65. The van der Waals surface area contributed by atoms with Crippen molar-refractivity contribution in [1.82, 2.24) is 0 Å². The lowest BCUT2D eigenvalue weighted by atomic mass is 10.1. The minimum atomic E-state index is -0.386. The predicted octanol–water partition coefficient (Wildman–Crippen LogP) is 4.25. The minimum Gasteiger partial charge on any atom is -0.376 e. The highest BCUT2D eigenvalue weighted by Crippen LogP contribution is 2.33. The number of nitrogens with two attached hydrogens (primary N) is 1. The van der Waals surface area contributed by atoms with E-state index in [1.807, 2.05) is 61.5 Å². The number of benzene rings is 2. The number of halogens is 1. The van der Waals surface area contributed by atoms with Crippen LogP contribution in [0.3, 0.4) is 0 Å². The quantitative estimate of drug-likeness (QED) is 0.505. The molecular weight excluding hydrogens is 398 g/mol. The molecule has 0 saturated carbocycles. The predicted molar refractivity (Wildman–Crippen MR) is 112 cm³/mol. The third-order valence-corrected chi connectivity index (χ3v) is 5.95. The van der Waals surface area contributed by atoms with Gasteiger partial charge in [-0.1, -0.05) is 59.8 Å². The molecule has 1 fully saturated rings. The van der Waals surface area contributed by atoms with Gasteiger partial charge in [-0.15, -0.1) is 0 Å². The van der Waals surface area contributed by atoms with Gasteiger partial charge in [-0.2, -0.15) is 0 Å². The Morgan fingerprint density at radius 2 is 2.00 bits per heavy atom. The summed E-state index contributed by atoms with van der Waals surface area (Å²) in [5.74, 6) is 0. The van der Waals surface area contributed by atoms with E-state index in [-0.39, 0.29) is 30.0 Å². The fourth-order valence-electron chi connectivity index (χ4n) is 2.93. The van der Waals surface area contributed by atoms with Gasteiger partial charge >= 0.3 is 0 Å². The van der Waals surface area contributed by atoms with Gasteiger partial charge in [0, 0.05) is 29.1 Å². The van der Waals surface area contributed by atoms with Crippen LogP contribution >= 0.6 is 23.4 Å². The van der Waals surface area contributed by atoms with Crippen molar-refractivity contribution < 1.29 is 18.9 Å². The van der Waals surface area contributed by atoms with Crippen molar-refractivity contribution in [3.63, 3.8) is 0 Å². The van der Waals surface area contributed by atoms with E-state index in [9.17, 15) is 0 Å². The number of hydrogen-bond acceptors (Lipinski definition) is 6. The van der Waals surface area contributed by atoms with E-state index in [2.05, 4.69) is 0 Å². The van der Waals surface area contributed by atoms with Gasteiger partial charge in [0.15, 0.2) is 6.29 Å². The number of ether oxygens (including phenoxy) is 4. The summed E-state index contributed by atoms with van der Waals surface area (Å²) in [6.07, 6.45) is -1.04. The Balaban J connectivity index is 1.66. The number of hydrogen-bond donors (Lipinski definition) is 1. The first-order valence-electron chi connectivity index (χ1n) is 9.23. The van der Waals surface area contributed by atoms with Crippen molar-refractivity contribution in [2.24, 2.45) is 5.73 Å². The van der Waals surface area contributed by atoms with E-state index in [0.29, 0.717) is 18.2 Å². The molecule has 2 aromatic carbocycles. The fourth-order valence-corrected chi connectivity index (χ4v) is 4.38. The highest BCUT2D eigenvalue weighted by atomic mass is 35.5. The lowest BCUT2D eigenvalue weighted by Gasteiger charge is -2.37. The zero-order valence-corrected chi connectivity index (χ0v) is 17.6. The molecule has 0 radical (unpaired) electrons. The molecule has 5 atom stereocenters. The van der Waals surface area contributed by atoms with Gasteiger partial charge in [0.1, 0.15) is 17.6 Å². The average Bonchev–Trinajstić information content (AvgIpc) is 2.71. The molecule has 5 nitrogen and oxygen atoms in total. The molecule has 4 unspecified atom stereocenters. The van der Waals surface area contributed by atoms with Crippen molar-refractivity contribution in [2.45, 2.75) is 41.9 Å². The molecular formula is C21H26ClNO4S. The van der Waals surface area contributed by atoms with Crippen LogP contribution in [-0.2, 0) is 18.9 Å². The summed E-state index contributed by atoms with van der Waals surface area (Å²) in [6.45, 7) is 2.76. The maximum Gasteiger partial charge on any atom is 0.184 e. The second-order valence-electron chi connectivity index (χ2n) is 6.55. The topological polar surface area (TPSA) is 62.9 Å². The van der Waals surface area contributed by atoms with Crippen molar-refractivity contribution in [3.8, 4) is 0 Å². The van der Waals surface area contributed by atoms with Gasteiger partial charge in [-0.25, -0.2) is 0 Å². The molecule has 3 rings (SSSR count). The fraction of sp³-hybridized carbons (Fsp3) is 0.429. The summed E-state index contributed by atoms with van der Waals surface area (Å²) in [5, 5.41) is 0.675. The van der Waals surface area contributed by atoms with Crippen molar-refractivity contribution in [2.75, 3.05) is 20.3 Å². The normalized spacial score (nSPS) is 24.6. The number of thioether (sulfide) groups is 1. The molecule has 1 saturated heterocycles. The molecule has 1 aliphatic rings. The van der Waals surface area contributed by atoms with Crippen molar-refractivity contribution in [1.29, 1.82) is 0 Å². The first-order valence-corrected chi connectivity index (χ1v) is 10.5. The van der Waals surface area contributed by atoms with Crippen LogP contribution < -0.4 is 5.73 Å². The Labute approximate surface area is 175 Å². The maximum atomic E-state index is 6.34. The molecule has 152 valence electrons. The summed E-state index contributed by atoms with van der Waals surface area (Å²) in [7, 11) is 1.63. The zero-order valence-electron chi connectivity index (χ0n) is 16.0. The van der Waals surface area contributed by atoms with Gasteiger partial charge in [0.25, 0.3) is 0 Å². The molecule has 28 heavy (non-hydrogen) atoms. The average molecular weight is 424 g/mol. The third-order valence-electron chi connectivity index (χ3n) is 4.54. The Bertz CT molecular complexity index is 731. The first-order chi connectivity index (χ1) is 13.6. The van der Waals surface area contributed by atoms with Crippen LogP contribution in [-0.4, -0.2) is 44.0 Å². The first kappa shape index (κ1) is 21.6. The second-order valence-corrected chi connectivity index (χ2v) is 8.15. The van der Waals surface area contributed by atoms with Gasteiger partial charge in [0.05, 0.1) is 12.7 Å². The molecule has 0 spiro atoms. The van der Waals surface area contributed by atoms with Crippen LogP contribution in [0.1, 0.15) is 18.8 Å². The zero-order chi connectivity index (χ0) is 19.9. The van der Waals surface area contributed by atoms with E-state index in [0.717, 1.165) is 10.5 Å². The Kier molecular flexibility index (Phi) is 8.17. The molecule has 0 amide bonds. The highest BCUT2D eigenvalue weighted by Gasteiger charge is 2.34. The lowest BCUT2D eigenvalue weighted by molar-refractivity contribution is -0.266. The lowest BCUT2D eigenvalue weighted by Crippen LogP contribution is -2.45. The van der Waals surface area contributed by atoms with Crippen molar-refractivity contribution in [3.05, 3.63) is 65.2 Å². The number of rotatable bonds is 8. The van der Waals surface area contributed by atoms with E-state index in [1.54, 1.807) is 7.11 Å². The second kappa shape index (κ2) is 10.6. The SMILES string of the molecule is CO[C@@H](CN)C(OC1COC(c2ccccc2)OC1C)Sc1cccc(Cl)c1. The van der Waals surface area contributed by atoms with Crippen LogP contribution in [0.4, 0.5) is 0 Å². The molecule has 2 N–H and O–H groups in total. The molecule has 0 bridgehead atoms. The smallest absolute Gasteiger partial charge is 0.184 e. The van der Waals surface area contributed by atoms with Gasteiger partial charge in [-0.3, -0.25) is 0 Å². The van der Waals surface area contributed by atoms with Crippen LogP contribution in [0, 0.1) is 0 Å². The largest absolute Gasteiger partial charge is 0.376 e. The molecule has 0 aromatic heterocycles. The standard InChI is InChI=1S/C21H26ClNO4S/c1-14-19(13-25-20(26-14)15-7-4-3-5-8-15)27-21(18(12-23)24-2)28-17-10-6-9-16(22)11-17/h3-11,14,18-21H,12-13,23H2,1-2H3/t14?,18-,19?,20?,21?/m0/s1. The van der Waals surface area contributed by atoms with E-state index in [4.69, 9.17) is 36.3 Å². The molecule has 1 heterocycles. The summed E-state index contributed by atoms with van der Waals surface area (Å²) in [5.41, 5.74) is 6.58. The van der Waals surface area contributed by atoms with Gasteiger partial charge in [0.2, 0.25) is 0 Å². The van der Waals surface area contributed by atoms with E-state index in [1.165, 1.54) is 11.8 Å². The summed E-state index contributed by atoms with van der Waals surface area (Å²) in [6, 6.07) is 17.5. The Hall–Kier alpha value is -1.12. The Morgan fingerprint density at radius 1 is 1.21 bits per heavy atom. The molecule has 2 aromatic rings. The summed E-state index contributed by atoms with van der Waals surface area (Å²) < 4.78 is 23.9. The Morgan fingerprint density at radius 3 is 2.64 bits per heavy atom. The molecule has 0 aliphatic carbocycles. The van der Waals surface area contributed by atoms with Gasteiger partial charge < -0.3 is 24.7 Å². The van der Waals surface area contributed by atoms with E-state index < -0.39 is 0 Å². The van der Waals surface area contributed by atoms with Gasteiger partial charge in [-0.05, 0) is 25.1 Å². The van der Waals surface area contributed by atoms with Crippen LogP contribution in [0.15, 0.2) is 59.5 Å². The van der Waals surface area contributed by atoms with Crippen LogP contribution in [0.25, 0.3) is 0 Å².